The van der Waals surface area contributed by atoms with Gasteiger partial charge in [-0.15, -0.1) is 10.2 Å². The Kier molecular flexibility index (Phi) is 2.20. The summed E-state index contributed by atoms with van der Waals surface area (Å²) in [6, 6.07) is 1.53. The Morgan fingerprint density at radius 1 is 1.38 bits per heavy atom. The molecule has 0 aliphatic rings. The van der Waals surface area contributed by atoms with Gasteiger partial charge < -0.3 is 0 Å². The van der Waals surface area contributed by atoms with Gasteiger partial charge >= 0.3 is 0 Å². The third kappa shape index (κ3) is 1.66. The molecule has 0 aromatic carbocycles. The van der Waals surface area contributed by atoms with Crippen LogP contribution in [0.3, 0.4) is 0 Å². The molecule has 2 heterocycles. The third-order valence-electron chi connectivity index (χ3n) is 1.40. The molecule has 2 aromatic heterocycles. The number of nitrogens with zero attached hydrogens (tertiary/aromatic N) is 3. The monoisotopic (exact) mass is 215 g/mol. The number of hydrogen-bond acceptors (Lipinski definition) is 4. The highest BCUT2D eigenvalue weighted by Crippen LogP contribution is 2.27. The molecule has 0 atom stereocenters. The van der Waals surface area contributed by atoms with Gasteiger partial charge in [0.2, 0.25) is 4.47 Å². The van der Waals surface area contributed by atoms with Crippen molar-refractivity contribution in [1.29, 1.82) is 0 Å². The van der Waals surface area contributed by atoms with Crippen LogP contribution in [0.15, 0.2) is 18.5 Å². The summed E-state index contributed by atoms with van der Waals surface area (Å²) < 4.78 is 13.4. The van der Waals surface area contributed by atoms with Crippen LogP contribution < -0.4 is 0 Å². The molecule has 0 amide bonds. The van der Waals surface area contributed by atoms with Crippen molar-refractivity contribution in [2.24, 2.45) is 0 Å². The van der Waals surface area contributed by atoms with Crippen molar-refractivity contribution in [2.75, 3.05) is 0 Å². The topological polar surface area (TPSA) is 38.7 Å². The molecular formula is C7H3ClFN3S. The maximum Gasteiger partial charge on any atom is 0.207 e. The van der Waals surface area contributed by atoms with Crippen LogP contribution in [-0.2, 0) is 0 Å². The molecule has 66 valence electrons. The Bertz CT molecular complexity index is 431. The van der Waals surface area contributed by atoms with Gasteiger partial charge in [-0.05, 0) is 17.7 Å². The van der Waals surface area contributed by atoms with E-state index < -0.39 is 5.82 Å². The highest BCUT2D eigenvalue weighted by molar-refractivity contribution is 7.18. The summed E-state index contributed by atoms with van der Waals surface area (Å²) in [6.45, 7) is 0. The summed E-state index contributed by atoms with van der Waals surface area (Å²) in [5.74, 6) is -0.421. The Balaban J connectivity index is 2.52. The van der Waals surface area contributed by atoms with E-state index >= 15 is 0 Å². The molecule has 0 bridgehead atoms. The van der Waals surface area contributed by atoms with Crippen LogP contribution >= 0.6 is 22.9 Å². The van der Waals surface area contributed by atoms with Crippen LogP contribution in [0.5, 0.6) is 0 Å². The quantitative estimate of drug-likeness (QED) is 0.733. The molecule has 0 radical (unpaired) electrons. The van der Waals surface area contributed by atoms with Crippen LogP contribution in [0.1, 0.15) is 0 Å². The van der Waals surface area contributed by atoms with Crippen LogP contribution in [0.4, 0.5) is 4.39 Å². The van der Waals surface area contributed by atoms with Crippen molar-refractivity contribution in [3.63, 3.8) is 0 Å². The van der Waals surface area contributed by atoms with Crippen LogP contribution in [-0.4, -0.2) is 15.2 Å². The Labute approximate surface area is 82.2 Å². The predicted molar refractivity (Wildman–Crippen MR) is 48.1 cm³/mol. The summed E-state index contributed by atoms with van der Waals surface area (Å²) >= 11 is 6.70. The summed E-state index contributed by atoms with van der Waals surface area (Å²) in [4.78, 5) is 3.63. The second-order valence-electron chi connectivity index (χ2n) is 2.22. The molecule has 0 spiro atoms. The Morgan fingerprint density at radius 2 is 2.23 bits per heavy atom. The first kappa shape index (κ1) is 8.52. The van der Waals surface area contributed by atoms with Gasteiger partial charge in [-0.3, -0.25) is 4.98 Å². The molecule has 3 nitrogen and oxygen atoms in total. The van der Waals surface area contributed by atoms with Crippen molar-refractivity contribution in [3.05, 3.63) is 28.7 Å². The number of rotatable bonds is 1. The largest absolute Gasteiger partial charge is 0.262 e. The second kappa shape index (κ2) is 3.35. The summed E-state index contributed by atoms with van der Waals surface area (Å²) in [7, 11) is 0. The average Bonchev–Trinajstić information content (AvgIpc) is 2.53. The van der Waals surface area contributed by atoms with Gasteiger partial charge in [0.15, 0.2) is 10.8 Å². The minimum atomic E-state index is -0.421. The van der Waals surface area contributed by atoms with Crippen LogP contribution in [0, 0.1) is 5.82 Å². The molecule has 0 N–H and O–H groups in total. The molecule has 2 aromatic rings. The zero-order valence-corrected chi connectivity index (χ0v) is 7.81. The number of hydrogen-bond donors (Lipinski definition) is 0. The maximum atomic E-state index is 13.1. The van der Waals surface area contributed by atoms with Gasteiger partial charge in [0.25, 0.3) is 0 Å². The zero-order chi connectivity index (χ0) is 9.26. The van der Waals surface area contributed by atoms with Crippen molar-refractivity contribution in [3.8, 4) is 10.6 Å². The SMILES string of the molecule is Fc1cnccc1-c1nnc(Cl)s1. The lowest BCUT2D eigenvalue weighted by Gasteiger charge is -1.94. The zero-order valence-electron chi connectivity index (χ0n) is 6.24. The van der Waals surface area contributed by atoms with Crippen molar-refractivity contribution in [2.45, 2.75) is 0 Å². The lowest BCUT2D eigenvalue weighted by atomic mass is 10.3. The first-order valence-corrected chi connectivity index (χ1v) is 4.55. The fourth-order valence-electron chi connectivity index (χ4n) is 0.863. The van der Waals surface area contributed by atoms with E-state index in [1.54, 1.807) is 0 Å². The molecule has 0 aliphatic heterocycles. The molecule has 2 rings (SSSR count). The first-order valence-electron chi connectivity index (χ1n) is 3.36. The van der Waals surface area contributed by atoms with E-state index in [0.29, 0.717) is 15.0 Å². The van der Waals surface area contributed by atoms with Crippen molar-refractivity contribution >= 4 is 22.9 Å². The smallest absolute Gasteiger partial charge is 0.207 e. The van der Waals surface area contributed by atoms with Gasteiger partial charge in [-0.1, -0.05) is 11.3 Å². The van der Waals surface area contributed by atoms with Crippen LogP contribution in [0.25, 0.3) is 10.6 Å². The third-order valence-corrected chi connectivity index (χ3v) is 2.46. The number of aromatic nitrogens is 3. The van der Waals surface area contributed by atoms with Gasteiger partial charge in [0.05, 0.1) is 11.8 Å². The van der Waals surface area contributed by atoms with Crippen LogP contribution in [0.2, 0.25) is 4.47 Å². The summed E-state index contributed by atoms with van der Waals surface area (Å²) in [5, 5.41) is 7.76. The predicted octanol–water partition coefficient (Wildman–Crippen LogP) is 2.39. The molecule has 0 fully saturated rings. The second-order valence-corrected chi connectivity index (χ2v) is 3.78. The molecule has 0 saturated heterocycles. The van der Waals surface area contributed by atoms with E-state index in [1.165, 1.54) is 12.3 Å². The highest BCUT2D eigenvalue weighted by Gasteiger charge is 2.09. The standard InChI is InChI=1S/C7H3ClFN3S/c8-7-12-11-6(13-7)4-1-2-10-3-5(4)9/h1-3H. The summed E-state index contributed by atoms with van der Waals surface area (Å²) in [6.07, 6.45) is 2.62. The maximum absolute atomic E-state index is 13.1. The molecule has 0 saturated carbocycles. The average molecular weight is 216 g/mol. The van der Waals surface area contributed by atoms with E-state index in [2.05, 4.69) is 15.2 Å². The lowest BCUT2D eigenvalue weighted by Crippen LogP contribution is -1.84. The molecule has 6 heteroatoms. The number of halogens is 2. The molecular weight excluding hydrogens is 213 g/mol. The minimum Gasteiger partial charge on any atom is -0.262 e. The normalized spacial score (nSPS) is 10.3. The summed E-state index contributed by atoms with van der Waals surface area (Å²) in [5.41, 5.74) is 0.374. The van der Waals surface area contributed by atoms with E-state index in [-0.39, 0.29) is 0 Å². The van der Waals surface area contributed by atoms with Gasteiger partial charge in [-0.2, -0.15) is 0 Å². The fraction of sp³-hybridized carbons (Fsp3) is 0. The van der Waals surface area contributed by atoms with E-state index in [0.717, 1.165) is 17.5 Å². The molecule has 0 aliphatic carbocycles. The first-order chi connectivity index (χ1) is 6.27. The van der Waals surface area contributed by atoms with Gasteiger partial charge in [0, 0.05) is 6.20 Å². The fourth-order valence-corrected chi connectivity index (χ4v) is 1.72. The molecule has 13 heavy (non-hydrogen) atoms. The van der Waals surface area contributed by atoms with Crippen molar-refractivity contribution < 1.29 is 4.39 Å². The Hall–Kier alpha value is -1.07. The van der Waals surface area contributed by atoms with E-state index in [4.69, 9.17) is 11.6 Å². The van der Waals surface area contributed by atoms with E-state index in [9.17, 15) is 4.39 Å². The van der Waals surface area contributed by atoms with Crippen molar-refractivity contribution in [1.82, 2.24) is 15.2 Å². The Morgan fingerprint density at radius 3 is 2.85 bits per heavy atom. The molecule has 0 unspecified atom stereocenters. The van der Waals surface area contributed by atoms with Gasteiger partial charge in [-0.25, -0.2) is 4.39 Å². The lowest BCUT2D eigenvalue weighted by molar-refractivity contribution is 0.624. The highest BCUT2D eigenvalue weighted by atomic mass is 35.5. The number of pyridine rings is 1. The van der Waals surface area contributed by atoms with E-state index in [1.807, 2.05) is 0 Å². The minimum absolute atomic E-state index is 0.297. The van der Waals surface area contributed by atoms with Gasteiger partial charge in [0.1, 0.15) is 0 Å².